The smallest absolute Gasteiger partial charge is 0.421 e. The molecule has 94 valence electrons. The van der Waals surface area contributed by atoms with Crippen LogP contribution in [0.15, 0.2) is 60.9 Å². The van der Waals surface area contributed by atoms with E-state index in [0.29, 0.717) is 0 Å². The summed E-state index contributed by atoms with van der Waals surface area (Å²) in [5, 5.41) is 0. The molecule has 3 N–H and O–H groups in total. The van der Waals surface area contributed by atoms with Gasteiger partial charge < -0.3 is 4.74 Å². The van der Waals surface area contributed by atoms with Gasteiger partial charge in [-0.1, -0.05) is 36.4 Å². The number of amides is 1. The van der Waals surface area contributed by atoms with Crippen molar-refractivity contribution in [2.24, 2.45) is 5.84 Å². The Labute approximate surface area is 106 Å². The minimum Gasteiger partial charge on any atom is -0.444 e. The first-order valence-electron chi connectivity index (χ1n) is 5.35. The third kappa shape index (κ3) is 6.24. The number of hydrogen-bond donors (Lipinski definition) is 2. The van der Waals surface area contributed by atoms with E-state index in [9.17, 15) is 4.79 Å². The van der Waals surface area contributed by atoms with Gasteiger partial charge in [0.25, 0.3) is 0 Å². The summed E-state index contributed by atoms with van der Waals surface area (Å²) in [6.45, 7) is 0.240. The molecule has 0 aliphatic rings. The number of carbonyl (C=O) groups excluding carboxylic acids is 1. The number of hydrogen-bond acceptors (Lipinski definition) is 4. The van der Waals surface area contributed by atoms with Gasteiger partial charge in [0.05, 0.1) is 0 Å². The lowest BCUT2D eigenvalue weighted by atomic mass is 10.2. The van der Waals surface area contributed by atoms with Crippen molar-refractivity contribution in [1.82, 2.24) is 10.4 Å². The minimum atomic E-state index is -0.626. The number of hydrazine groups is 1. The third-order valence-electron chi connectivity index (χ3n) is 1.90. The molecule has 0 spiro atoms. The molecule has 1 heterocycles. The van der Waals surface area contributed by atoms with Crippen molar-refractivity contribution in [2.45, 2.75) is 6.61 Å². The Morgan fingerprint density at radius 3 is 2.17 bits per heavy atom. The van der Waals surface area contributed by atoms with Crippen molar-refractivity contribution in [3.05, 3.63) is 66.5 Å². The molecule has 1 amide bonds. The molecule has 5 nitrogen and oxygen atoms in total. The van der Waals surface area contributed by atoms with Gasteiger partial charge in [-0.15, -0.1) is 0 Å². The Hall–Kier alpha value is -2.40. The van der Waals surface area contributed by atoms with Crippen molar-refractivity contribution < 1.29 is 9.53 Å². The van der Waals surface area contributed by atoms with Gasteiger partial charge >= 0.3 is 6.09 Å². The van der Waals surface area contributed by atoms with Crippen LogP contribution in [0.25, 0.3) is 0 Å². The molecule has 0 fully saturated rings. The highest BCUT2D eigenvalue weighted by Crippen LogP contribution is 1.99. The van der Waals surface area contributed by atoms with Gasteiger partial charge in [0.2, 0.25) is 0 Å². The van der Waals surface area contributed by atoms with Crippen LogP contribution in [0.3, 0.4) is 0 Å². The van der Waals surface area contributed by atoms with Crippen LogP contribution in [0.1, 0.15) is 5.56 Å². The molecule has 0 radical (unpaired) electrons. The number of ether oxygens (including phenoxy) is 1. The van der Waals surface area contributed by atoms with Crippen LogP contribution in [-0.2, 0) is 11.3 Å². The molecule has 5 heteroatoms. The predicted octanol–water partition coefficient (Wildman–Crippen LogP) is 1.87. The number of nitrogens with two attached hydrogens (primary N) is 1. The van der Waals surface area contributed by atoms with E-state index >= 15 is 0 Å². The van der Waals surface area contributed by atoms with Crippen molar-refractivity contribution in [1.29, 1.82) is 0 Å². The summed E-state index contributed by atoms with van der Waals surface area (Å²) in [4.78, 5) is 14.3. The highest BCUT2D eigenvalue weighted by molar-refractivity contribution is 5.66. The topological polar surface area (TPSA) is 77.2 Å². The molecular weight excluding hydrogens is 230 g/mol. The van der Waals surface area contributed by atoms with E-state index in [-0.39, 0.29) is 6.61 Å². The molecule has 0 saturated heterocycles. The first-order valence-corrected chi connectivity index (χ1v) is 5.35. The molecule has 1 aromatic heterocycles. The largest absolute Gasteiger partial charge is 0.444 e. The van der Waals surface area contributed by atoms with E-state index in [4.69, 9.17) is 10.6 Å². The molecule has 0 atom stereocenters. The van der Waals surface area contributed by atoms with Crippen molar-refractivity contribution in [3.63, 3.8) is 0 Å². The Kier molecular flexibility index (Phi) is 6.62. The van der Waals surface area contributed by atoms with E-state index in [1.54, 1.807) is 12.4 Å². The molecule has 18 heavy (non-hydrogen) atoms. The fraction of sp³-hybridized carbons (Fsp3) is 0.0769. The van der Waals surface area contributed by atoms with Gasteiger partial charge in [-0.2, -0.15) is 0 Å². The zero-order chi connectivity index (χ0) is 13.1. The molecule has 0 saturated carbocycles. The standard InChI is InChI=1S/C8H10N2O2.C5H5N/c9-10-8(11)12-6-7-4-2-1-3-5-7;1-2-4-6-5-3-1/h1-5H,6,9H2,(H,10,11);1-5H. The molecular formula is C13H15N3O2. The van der Waals surface area contributed by atoms with E-state index in [2.05, 4.69) is 4.98 Å². The van der Waals surface area contributed by atoms with Gasteiger partial charge in [0, 0.05) is 12.4 Å². The van der Waals surface area contributed by atoms with Gasteiger partial charge in [-0.3, -0.25) is 10.4 Å². The first-order chi connectivity index (χ1) is 8.83. The number of pyridine rings is 1. The Morgan fingerprint density at radius 1 is 1.11 bits per heavy atom. The van der Waals surface area contributed by atoms with Gasteiger partial charge in [0.15, 0.2) is 0 Å². The lowest BCUT2D eigenvalue weighted by Crippen LogP contribution is -2.30. The molecule has 0 unspecified atom stereocenters. The molecule has 0 aliphatic carbocycles. The second kappa shape index (κ2) is 8.72. The monoisotopic (exact) mass is 245 g/mol. The van der Waals surface area contributed by atoms with Crippen LogP contribution in [0.5, 0.6) is 0 Å². The molecule has 2 rings (SSSR count). The van der Waals surface area contributed by atoms with E-state index in [1.807, 2.05) is 54.0 Å². The van der Waals surface area contributed by atoms with Crippen LogP contribution in [0, 0.1) is 0 Å². The van der Waals surface area contributed by atoms with Gasteiger partial charge in [-0.05, 0) is 17.7 Å². The van der Waals surface area contributed by atoms with Crippen molar-refractivity contribution in [2.75, 3.05) is 0 Å². The average Bonchev–Trinajstić information content (AvgIpc) is 2.48. The summed E-state index contributed by atoms with van der Waals surface area (Å²) in [6, 6.07) is 15.1. The number of nitrogens with zero attached hydrogens (tertiary/aromatic N) is 1. The fourth-order valence-electron chi connectivity index (χ4n) is 1.08. The Morgan fingerprint density at radius 2 is 1.72 bits per heavy atom. The maximum Gasteiger partial charge on any atom is 0.421 e. The first kappa shape index (κ1) is 13.7. The predicted molar refractivity (Wildman–Crippen MR) is 68.2 cm³/mol. The zero-order valence-corrected chi connectivity index (χ0v) is 9.82. The normalized spacial score (nSPS) is 8.72. The highest BCUT2D eigenvalue weighted by atomic mass is 16.5. The third-order valence-corrected chi connectivity index (χ3v) is 1.90. The number of rotatable bonds is 2. The second-order valence-corrected chi connectivity index (χ2v) is 3.23. The van der Waals surface area contributed by atoms with Crippen molar-refractivity contribution >= 4 is 6.09 Å². The average molecular weight is 245 g/mol. The number of nitrogens with one attached hydrogen (secondary N) is 1. The molecule has 0 bridgehead atoms. The molecule has 2 aromatic rings. The van der Waals surface area contributed by atoms with Crippen LogP contribution in [0.2, 0.25) is 0 Å². The van der Waals surface area contributed by atoms with Crippen molar-refractivity contribution in [3.8, 4) is 0 Å². The second-order valence-electron chi connectivity index (χ2n) is 3.23. The SMILES string of the molecule is NNC(=O)OCc1ccccc1.c1ccncc1. The van der Waals surface area contributed by atoms with Crippen LogP contribution in [-0.4, -0.2) is 11.1 Å². The number of benzene rings is 1. The lowest BCUT2D eigenvalue weighted by molar-refractivity contribution is 0.140. The van der Waals surface area contributed by atoms with Crippen LogP contribution in [0.4, 0.5) is 4.79 Å². The van der Waals surface area contributed by atoms with E-state index in [1.165, 1.54) is 0 Å². The van der Waals surface area contributed by atoms with E-state index in [0.717, 1.165) is 5.56 Å². The summed E-state index contributed by atoms with van der Waals surface area (Å²) < 4.78 is 4.70. The maximum atomic E-state index is 10.5. The highest BCUT2D eigenvalue weighted by Gasteiger charge is 1.97. The quantitative estimate of drug-likeness (QED) is 0.481. The fourth-order valence-corrected chi connectivity index (χ4v) is 1.08. The molecule has 0 aliphatic heterocycles. The molecule has 1 aromatic carbocycles. The lowest BCUT2D eigenvalue weighted by Gasteiger charge is -2.02. The summed E-state index contributed by atoms with van der Waals surface area (Å²) in [7, 11) is 0. The zero-order valence-electron chi connectivity index (χ0n) is 9.82. The van der Waals surface area contributed by atoms with Crippen LogP contribution >= 0.6 is 0 Å². The number of carbonyl (C=O) groups is 1. The summed E-state index contributed by atoms with van der Waals surface area (Å²) in [6.07, 6.45) is 2.87. The summed E-state index contributed by atoms with van der Waals surface area (Å²) >= 11 is 0. The Bertz CT molecular complexity index is 408. The number of aromatic nitrogens is 1. The van der Waals surface area contributed by atoms with Gasteiger partial charge in [-0.25, -0.2) is 10.6 Å². The minimum absolute atomic E-state index is 0.240. The maximum absolute atomic E-state index is 10.5. The summed E-state index contributed by atoms with van der Waals surface area (Å²) in [5.41, 5.74) is 2.81. The summed E-state index contributed by atoms with van der Waals surface area (Å²) in [5.74, 6) is 4.81. The Balaban J connectivity index is 0.000000225. The van der Waals surface area contributed by atoms with Crippen LogP contribution < -0.4 is 11.3 Å². The van der Waals surface area contributed by atoms with E-state index < -0.39 is 6.09 Å². The van der Waals surface area contributed by atoms with Gasteiger partial charge in [0.1, 0.15) is 6.61 Å².